The lowest BCUT2D eigenvalue weighted by molar-refractivity contribution is 0.944. The Balaban J connectivity index is 1.99. The molecule has 0 fully saturated rings. The molecule has 1 heterocycles. The first-order valence-corrected chi connectivity index (χ1v) is 8.62. The maximum absolute atomic E-state index is 13.1. The molecule has 0 amide bonds. The summed E-state index contributed by atoms with van der Waals surface area (Å²) in [6.07, 6.45) is 3.77. The first-order chi connectivity index (χ1) is 12.7. The van der Waals surface area contributed by atoms with E-state index in [0.717, 1.165) is 5.56 Å². The van der Waals surface area contributed by atoms with Crippen LogP contribution in [0.4, 0.5) is 0 Å². The largest absolute Gasteiger partial charge is 0.268 e. The molecule has 3 aromatic carbocycles. The van der Waals surface area contributed by atoms with Gasteiger partial charge in [-0.1, -0.05) is 72.3 Å². The Hall–Kier alpha value is -3.17. The molecule has 0 spiro atoms. The van der Waals surface area contributed by atoms with Gasteiger partial charge < -0.3 is 0 Å². The topological polar surface area (TPSA) is 34.9 Å². The highest BCUT2D eigenvalue weighted by Crippen LogP contribution is 2.21. The second-order valence-electron chi connectivity index (χ2n) is 5.82. The molecule has 0 saturated heterocycles. The van der Waals surface area contributed by atoms with E-state index < -0.39 is 0 Å². The minimum atomic E-state index is -0.142. The number of aromatic nitrogens is 2. The number of hydrogen-bond acceptors (Lipinski definition) is 2. The van der Waals surface area contributed by atoms with Crippen molar-refractivity contribution in [3.8, 4) is 5.69 Å². The van der Waals surface area contributed by atoms with E-state index >= 15 is 0 Å². The van der Waals surface area contributed by atoms with E-state index in [4.69, 9.17) is 11.6 Å². The van der Waals surface area contributed by atoms with Crippen molar-refractivity contribution in [1.82, 2.24) is 9.55 Å². The van der Waals surface area contributed by atoms with Crippen molar-refractivity contribution < 1.29 is 0 Å². The van der Waals surface area contributed by atoms with E-state index in [-0.39, 0.29) is 5.56 Å². The first-order valence-electron chi connectivity index (χ1n) is 8.24. The number of para-hydroxylation sites is 2. The van der Waals surface area contributed by atoms with E-state index in [0.29, 0.717) is 27.4 Å². The molecule has 0 N–H and O–H groups in total. The molecular weight excluding hydrogens is 344 g/mol. The van der Waals surface area contributed by atoms with Crippen molar-refractivity contribution in [2.45, 2.75) is 0 Å². The number of benzene rings is 3. The summed E-state index contributed by atoms with van der Waals surface area (Å²) in [5.74, 6) is 0.533. The van der Waals surface area contributed by atoms with Crippen molar-refractivity contribution in [3.63, 3.8) is 0 Å². The lowest BCUT2D eigenvalue weighted by Gasteiger charge is -2.12. The van der Waals surface area contributed by atoms with Crippen LogP contribution in [-0.2, 0) is 0 Å². The zero-order valence-corrected chi connectivity index (χ0v) is 14.6. The molecule has 0 aliphatic heterocycles. The van der Waals surface area contributed by atoms with Crippen LogP contribution in [0.1, 0.15) is 11.4 Å². The minimum Gasteiger partial charge on any atom is -0.268 e. The second-order valence-corrected chi connectivity index (χ2v) is 6.23. The van der Waals surface area contributed by atoms with Crippen molar-refractivity contribution in [3.05, 3.63) is 106 Å². The van der Waals surface area contributed by atoms with Gasteiger partial charge in [0.25, 0.3) is 5.56 Å². The van der Waals surface area contributed by atoms with Crippen LogP contribution in [0.2, 0.25) is 5.02 Å². The average Bonchev–Trinajstić information content (AvgIpc) is 2.68. The summed E-state index contributed by atoms with van der Waals surface area (Å²) in [5.41, 5.74) is 2.16. The number of halogens is 1. The molecule has 0 radical (unpaired) electrons. The number of rotatable bonds is 3. The van der Waals surface area contributed by atoms with Gasteiger partial charge in [-0.05, 0) is 35.9 Å². The van der Waals surface area contributed by atoms with E-state index in [1.807, 2.05) is 78.9 Å². The van der Waals surface area contributed by atoms with Crippen molar-refractivity contribution in [1.29, 1.82) is 0 Å². The third-order valence-electron chi connectivity index (χ3n) is 4.12. The van der Waals surface area contributed by atoms with Crippen molar-refractivity contribution in [2.75, 3.05) is 0 Å². The predicted octanol–water partition coefficient (Wildman–Crippen LogP) is 5.21. The zero-order chi connectivity index (χ0) is 17.9. The summed E-state index contributed by atoms with van der Waals surface area (Å²) in [6, 6.07) is 24.5. The normalized spacial score (nSPS) is 11.3. The second kappa shape index (κ2) is 6.98. The minimum absolute atomic E-state index is 0.142. The molecule has 0 atom stereocenters. The molecule has 126 valence electrons. The van der Waals surface area contributed by atoms with Crippen LogP contribution < -0.4 is 5.56 Å². The summed E-state index contributed by atoms with van der Waals surface area (Å²) in [6.45, 7) is 0. The van der Waals surface area contributed by atoms with Gasteiger partial charge in [-0.2, -0.15) is 0 Å². The summed E-state index contributed by atoms with van der Waals surface area (Å²) >= 11 is 6.36. The van der Waals surface area contributed by atoms with Crippen molar-refractivity contribution >= 4 is 34.7 Å². The van der Waals surface area contributed by atoms with Gasteiger partial charge in [0.15, 0.2) is 0 Å². The Morgan fingerprint density at radius 2 is 1.50 bits per heavy atom. The van der Waals surface area contributed by atoms with Crippen LogP contribution in [0.15, 0.2) is 83.7 Å². The molecule has 1 aromatic heterocycles. The van der Waals surface area contributed by atoms with Gasteiger partial charge in [0.05, 0.1) is 21.6 Å². The monoisotopic (exact) mass is 358 g/mol. The van der Waals surface area contributed by atoms with Crippen LogP contribution in [0.25, 0.3) is 28.7 Å². The Morgan fingerprint density at radius 1 is 0.808 bits per heavy atom. The fraction of sp³-hybridized carbons (Fsp3) is 0. The predicted molar refractivity (Wildman–Crippen MR) is 108 cm³/mol. The quantitative estimate of drug-likeness (QED) is 0.504. The molecule has 0 saturated carbocycles. The van der Waals surface area contributed by atoms with Gasteiger partial charge in [0.1, 0.15) is 5.82 Å². The van der Waals surface area contributed by atoms with Gasteiger partial charge in [-0.3, -0.25) is 9.36 Å². The molecule has 26 heavy (non-hydrogen) atoms. The average molecular weight is 359 g/mol. The molecule has 4 rings (SSSR count). The van der Waals surface area contributed by atoms with Crippen molar-refractivity contribution in [2.24, 2.45) is 0 Å². The molecule has 3 nitrogen and oxygen atoms in total. The summed E-state index contributed by atoms with van der Waals surface area (Å²) in [7, 11) is 0. The standard InChI is InChI=1S/C22H15ClN2O/c23-18-11-5-7-13-20(18)25-21(15-14-16-8-2-1-3-9-16)24-19-12-6-4-10-17(19)22(25)26/h1-15H. The summed E-state index contributed by atoms with van der Waals surface area (Å²) in [5, 5.41) is 1.06. The number of fused-ring (bicyclic) bond motifs is 1. The number of nitrogens with zero attached hydrogens (tertiary/aromatic N) is 2. The molecule has 0 aliphatic carbocycles. The third-order valence-corrected chi connectivity index (χ3v) is 4.44. The molecule has 4 heteroatoms. The molecular formula is C22H15ClN2O. The van der Waals surface area contributed by atoms with Gasteiger partial charge in [0, 0.05) is 0 Å². The van der Waals surface area contributed by atoms with Gasteiger partial charge in [-0.25, -0.2) is 4.98 Å². The Bertz CT molecular complexity index is 1160. The van der Waals surface area contributed by atoms with Crippen LogP contribution >= 0.6 is 11.6 Å². The van der Waals surface area contributed by atoms with E-state index in [2.05, 4.69) is 4.98 Å². The van der Waals surface area contributed by atoms with Crippen LogP contribution in [0.3, 0.4) is 0 Å². The van der Waals surface area contributed by atoms with Crippen LogP contribution in [-0.4, -0.2) is 9.55 Å². The highest BCUT2D eigenvalue weighted by Gasteiger charge is 2.12. The lowest BCUT2D eigenvalue weighted by atomic mass is 10.2. The molecule has 0 unspecified atom stereocenters. The van der Waals surface area contributed by atoms with Crippen LogP contribution in [0.5, 0.6) is 0 Å². The summed E-state index contributed by atoms with van der Waals surface area (Å²) in [4.78, 5) is 17.8. The van der Waals surface area contributed by atoms with Gasteiger partial charge in [-0.15, -0.1) is 0 Å². The smallest absolute Gasteiger partial charge is 0.266 e. The maximum atomic E-state index is 13.1. The van der Waals surface area contributed by atoms with E-state index in [9.17, 15) is 4.79 Å². The zero-order valence-electron chi connectivity index (χ0n) is 13.8. The van der Waals surface area contributed by atoms with E-state index in [1.54, 1.807) is 16.7 Å². The lowest BCUT2D eigenvalue weighted by Crippen LogP contribution is -2.22. The molecule has 4 aromatic rings. The molecule has 0 bridgehead atoms. The third kappa shape index (κ3) is 3.05. The highest BCUT2D eigenvalue weighted by atomic mass is 35.5. The van der Waals surface area contributed by atoms with E-state index in [1.165, 1.54) is 0 Å². The van der Waals surface area contributed by atoms with Gasteiger partial charge >= 0.3 is 0 Å². The Morgan fingerprint density at radius 3 is 2.31 bits per heavy atom. The number of hydrogen-bond donors (Lipinski definition) is 0. The fourth-order valence-corrected chi connectivity index (χ4v) is 3.08. The van der Waals surface area contributed by atoms with Gasteiger partial charge in [0.2, 0.25) is 0 Å². The maximum Gasteiger partial charge on any atom is 0.266 e. The first kappa shape index (κ1) is 16.3. The Labute approximate surface area is 155 Å². The SMILES string of the molecule is O=c1c2ccccc2nc(C=Cc2ccccc2)n1-c1ccccc1Cl. The summed E-state index contributed by atoms with van der Waals surface area (Å²) < 4.78 is 1.56. The van der Waals surface area contributed by atoms with Crippen LogP contribution in [0, 0.1) is 0 Å². The molecule has 0 aliphatic rings. The fourth-order valence-electron chi connectivity index (χ4n) is 2.86. The highest BCUT2D eigenvalue weighted by molar-refractivity contribution is 6.32. The Kier molecular flexibility index (Phi) is 4.38.